The van der Waals surface area contributed by atoms with E-state index >= 15 is 0 Å². The fraction of sp³-hybridized carbons (Fsp3) is 0.500. The average Bonchev–Trinajstić information content (AvgIpc) is 2.25. The average molecular weight is 236 g/mol. The standard InChI is InChI=1S/C14H20O3/c1-9-7-10(14(2,3)4)8-11(12(9)16-5)13(15)17-6/h7-8H,1-6H3. The van der Waals surface area contributed by atoms with Gasteiger partial charge in [-0.2, -0.15) is 0 Å². The number of hydrogen-bond donors (Lipinski definition) is 0. The summed E-state index contributed by atoms with van der Waals surface area (Å²) in [5, 5.41) is 0. The van der Waals surface area contributed by atoms with E-state index in [0.29, 0.717) is 11.3 Å². The fourth-order valence-electron chi connectivity index (χ4n) is 1.74. The maximum Gasteiger partial charge on any atom is 0.341 e. The minimum absolute atomic E-state index is 0.0141. The molecule has 1 aromatic rings. The normalized spacial score (nSPS) is 11.2. The van der Waals surface area contributed by atoms with Crippen molar-refractivity contribution in [1.29, 1.82) is 0 Å². The minimum Gasteiger partial charge on any atom is -0.496 e. The Kier molecular flexibility index (Phi) is 3.81. The van der Waals surface area contributed by atoms with Crippen LogP contribution in [0.2, 0.25) is 0 Å². The Morgan fingerprint density at radius 3 is 2.18 bits per heavy atom. The summed E-state index contributed by atoms with van der Waals surface area (Å²) >= 11 is 0. The first-order chi connectivity index (χ1) is 7.81. The molecular formula is C14H20O3. The molecule has 1 aromatic carbocycles. The maximum absolute atomic E-state index is 11.7. The van der Waals surface area contributed by atoms with Gasteiger partial charge in [0.15, 0.2) is 0 Å². The molecule has 0 aromatic heterocycles. The number of methoxy groups -OCH3 is 2. The Bertz CT molecular complexity index is 428. The van der Waals surface area contributed by atoms with Crippen molar-refractivity contribution in [2.75, 3.05) is 14.2 Å². The van der Waals surface area contributed by atoms with E-state index in [1.807, 2.05) is 19.1 Å². The molecule has 0 fully saturated rings. The largest absolute Gasteiger partial charge is 0.496 e. The van der Waals surface area contributed by atoms with E-state index in [1.54, 1.807) is 7.11 Å². The lowest BCUT2D eigenvalue weighted by atomic mass is 9.85. The first-order valence-corrected chi connectivity index (χ1v) is 5.58. The summed E-state index contributed by atoms with van der Waals surface area (Å²) in [4.78, 5) is 11.7. The van der Waals surface area contributed by atoms with Crippen molar-refractivity contribution in [2.45, 2.75) is 33.1 Å². The van der Waals surface area contributed by atoms with Gasteiger partial charge in [-0.05, 0) is 29.5 Å². The van der Waals surface area contributed by atoms with Gasteiger partial charge in [0.25, 0.3) is 0 Å². The van der Waals surface area contributed by atoms with Gasteiger partial charge in [0.2, 0.25) is 0 Å². The van der Waals surface area contributed by atoms with Gasteiger partial charge in [0, 0.05) is 0 Å². The molecule has 0 heterocycles. The monoisotopic (exact) mass is 236 g/mol. The zero-order valence-electron chi connectivity index (χ0n) is 11.4. The van der Waals surface area contributed by atoms with E-state index < -0.39 is 0 Å². The first-order valence-electron chi connectivity index (χ1n) is 5.58. The van der Waals surface area contributed by atoms with Crippen LogP contribution in [0.25, 0.3) is 0 Å². The number of hydrogen-bond acceptors (Lipinski definition) is 3. The molecule has 0 radical (unpaired) electrons. The molecule has 0 N–H and O–H groups in total. The summed E-state index contributed by atoms with van der Waals surface area (Å²) < 4.78 is 10.0. The lowest BCUT2D eigenvalue weighted by molar-refractivity contribution is 0.0596. The minimum atomic E-state index is -0.365. The van der Waals surface area contributed by atoms with Crippen LogP contribution < -0.4 is 4.74 Å². The molecule has 0 aliphatic carbocycles. The molecule has 94 valence electrons. The van der Waals surface area contributed by atoms with Gasteiger partial charge in [-0.3, -0.25) is 0 Å². The highest BCUT2D eigenvalue weighted by Gasteiger charge is 2.21. The third-order valence-electron chi connectivity index (χ3n) is 2.75. The molecule has 0 aliphatic heterocycles. The van der Waals surface area contributed by atoms with Crippen molar-refractivity contribution in [3.63, 3.8) is 0 Å². The van der Waals surface area contributed by atoms with Gasteiger partial charge < -0.3 is 9.47 Å². The smallest absolute Gasteiger partial charge is 0.341 e. The topological polar surface area (TPSA) is 35.5 Å². The van der Waals surface area contributed by atoms with Crippen molar-refractivity contribution < 1.29 is 14.3 Å². The molecule has 0 atom stereocenters. The highest BCUT2D eigenvalue weighted by atomic mass is 16.5. The Hall–Kier alpha value is -1.51. The van der Waals surface area contributed by atoms with Gasteiger partial charge in [-0.1, -0.05) is 26.8 Å². The van der Waals surface area contributed by atoms with Crippen molar-refractivity contribution in [3.8, 4) is 5.75 Å². The SMILES string of the molecule is COC(=O)c1cc(C(C)(C)C)cc(C)c1OC. The van der Waals surface area contributed by atoms with Gasteiger partial charge in [0.05, 0.1) is 14.2 Å². The molecule has 0 saturated heterocycles. The molecule has 0 aliphatic rings. The number of ether oxygens (including phenoxy) is 2. The van der Waals surface area contributed by atoms with Crippen LogP contribution in [-0.2, 0) is 10.2 Å². The molecule has 17 heavy (non-hydrogen) atoms. The summed E-state index contributed by atoms with van der Waals surface area (Å²) in [6.07, 6.45) is 0. The van der Waals surface area contributed by atoms with Crippen LogP contribution in [0.5, 0.6) is 5.75 Å². The number of aryl methyl sites for hydroxylation is 1. The number of esters is 1. The quantitative estimate of drug-likeness (QED) is 0.740. The van der Waals surface area contributed by atoms with E-state index in [2.05, 4.69) is 20.8 Å². The lowest BCUT2D eigenvalue weighted by Gasteiger charge is -2.22. The van der Waals surface area contributed by atoms with Crippen LogP contribution in [0.15, 0.2) is 12.1 Å². The fourth-order valence-corrected chi connectivity index (χ4v) is 1.74. The lowest BCUT2D eigenvalue weighted by Crippen LogP contribution is -2.14. The van der Waals surface area contributed by atoms with Gasteiger partial charge >= 0.3 is 5.97 Å². The molecule has 0 amide bonds. The van der Waals surface area contributed by atoms with Crippen molar-refractivity contribution in [1.82, 2.24) is 0 Å². The van der Waals surface area contributed by atoms with E-state index in [-0.39, 0.29) is 11.4 Å². The van der Waals surface area contributed by atoms with Gasteiger partial charge in [-0.15, -0.1) is 0 Å². The van der Waals surface area contributed by atoms with Crippen LogP contribution in [0.1, 0.15) is 42.3 Å². The van der Waals surface area contributed by atoms with Crippen LogP contribution in [-0.4, -0.2) is 20.2 Å². The molecule has 0 unspecified atom stereocenters. The highest BCUT2D eigenvalue weighted by Crippen LogP contribution is 2.31. The molecule has 0 spiro atoms. The van der Waals surface area contributed by atoms with E-state index in [1.165, 1.54) is 7.11 Å². The number of carbonyl (C=O) groups is 1. The second kappa shape index (κ2) is 4.78. The predicted molar refractivity (Wildman–Crippen MR) is 67.8 cm³/mol. The number of rotatable bonds is 2. The van der Waals surface area contributed by atoms with Crippen LogP contribution in [0, 0.1) is 6.92 Å². The summed E-state index contributed by atoms with van der Waals surface area (Å²) in [6.45, 7) is 8.25. The van der Waals surface area contributed by atoms with Gasteiger partial charge in [0.1, 0.15) is 11.3 Å². The summed E-state index contributed by atoms with van der Waals surface area (Å²) in [6, 6.07) is 3.89. The second-order valence-corrected chi connectivity index (χ2v) is 5.12. The Balaban J connectivity index is 3.44. The van der Waals surface area contributed by atoms with Crippen molar-refractivity contribution in [3.05, 3.63) is 28.8 Å². The van der Waals surface area contributed by atoms with Crippen LogP contribution in [0.4, 0.5) is 0 Å². The molecule has 0 bridgehead atoms. The van der Waals surface area contributed by atoms with Crippen LogP contribution >= 0.6 is 0 Å². The number of carbonyl (C=O) groups excluding carboxylic acids is 1. The van der Waals surface area contributed by atoms with E-state index in [9.17, 15) is 4.79 Å². The van der Waals surface area contributed by atoms with Crippen molar-refractivity contribution >= 4 is 5.97 Å². The zero-order valence-corrected chi connectivity index (χ0v) is 11.4. The third kappa shape index (κ3) is 2.78. The van der Waals surface area contributed by atoms with Crippen LogP contribution in [0.3, 0.4) is 0 Å². The van der Waals surface area contributed by atoms with Gasteiger partial charge in [-0.25, -0.2) is 4.79 Å². The molecular weight excluding hydrogens is 216 g/mol. The maximum atomic E-state index is 11.7. The highest BCUT2D eigenvalue weighted by molar-refractivity contribution is 5.93. The van der Waals surface area contributed by atoms with E-state index in [4.69, 9.17) is 9.47 Å². The van der Waals surface area contributed by atoms with Crippen molar-refractivity contribution in [2.24, 2.45) is 0 Å². The molecule has 3 heteroatoms. The molecule has 1 rings (SSSR count). The zero-order chi connectivity index (χ0) is 13.2. The third-order valence-corrected chi connectivity index (χ3v) is 2.75. The second-order valence-electron chi connectivity index (χ2n) is 5.12. The summed E-state index contributed by atoms with van der Waals surface area (Å²) in [5.74, 6) is 0.223. The molecule has 3 nitrogen and oxygen atoms in total. The Morgan fingerprint density at radius 2 is 1.76 bits per heavy atom. The molecule has 0 saturated carbocycles. The van der Waals surface area contributed by atoms with E-state index in [0.717, 1.165) is 11.1 Å². The predicted octanol–water partition coefficient (Wildman–Crippen LogP) is 3.09. The Morgan fingerprint density at radius 1 is 1.18 bits per heavy atom. The Labute approximate surface area is 103 Å². The first kappa shape index (κ1) is 13.6. The summed E-state index contributed by atoms with van der Waals surface area (Å²) in [5.41, 5.74) is 2.51. The summed E-state index contributed by atoms with van der Waals surface area (Å²) in [7, 11) is 2.94. The number of benzene rings is 1.